The first-order valence-corrected chi connectivity index (χ1v) is 11.5. The third-order valence-electron chi connectivity index (χ3n) is 5.26. The van der Waals surface area contributed by atoms with Gasteiger partial charge < -0.3 is 14.6 Å². The van der Waals surface area contributed by atoms with E-state index in [1.54, 1.807) is 19.1 Å². The molecule has 0 aliphatic rings. The molecule has 2 amide bonds. The molecule has 3 rings (SSSR count). The van der Waals surface area contributed by atoms with E-state index >= 15 is 0 Å². The first kappa shape index (κ1) is 25.2. The van der Waals surface area contributed by atoms with Crippen molar-refractivity contribution in [3.8, 4) is 5.75 Å². The summed E-state index contributed by atoms with van der Waals surface area (Å²) in [4.78, 5) is 35.9. The molecule has 0 radical (unpaired) electrons. The van der Waals surface area contributed by atoms with Gasteiger partial charge in [0.15, 0.2) is 17.3 Å². The maximum atomic E-state index is 13.0. The molecule has 11 nitrogen and oxygen atoms in total. The minimum absolute atomic E-state index is 0.0597. The summed E-state index contributed by atoms with van der Waals surface area (Å²) in [5.41, 5.74) is 1.17. The number of imidazole rings is 1. The molecule has 3 aromatic rings. The molecule has 0 atom stereocenters. The SMILES string of the molecule is CCCCN(C=O)c1nc(Cl)[nH]c1C(=O)N(C)CCCn1nnc(Cc2ccccc2OC)n1. The van der Waals surface area contributed by atoms with E-state index in [1.807, 2.05) is 31.2 Å². The fourth-order valence-electron chi connectivity index (χ4n) is 3.43. The Morgan fingerprint density at radius 2 is 2.06 bits per heavy atom. The number of ether oxygens (including phenoxy) is 1. The number of H-pyrrole nitrogens is 1. The summed E-state index contributed by atoms with van der Waals surface area (Å²) in [7, 11) is 3.31. The van der Waals surface area contributed by atoms with Crippen molar-refractivity contribution in [1.29, 1.82) is 0 Å². The quantitative estimate of drug-likeness (QED) is 0.367. The first-order valence-electron chi connectivity index (χ1n) is 11.1. The summed E-state index contributed by atoms with van der Waals surface area (Å²) < 4.78 is 5.37. The van der Waals surface area contributed by atoms with Gasteiger partial charge in [0.25, 0.3) is 5.91 Å². The van der Waals surface area contributed by atoms with Crippen molar-refractivity contribution < 1.29 is 14.3 Å². The van der Waals surface area contributed by atoms with Crippen LogP contribution in [0.15, 0.2) is 24.3 Å². The first-order chi connectivity index (χ1) is 16.5. The van der Waals surface area contributed by atoms with Gasteiger partial charge in [0.05, 0.1) is 13.7 Å². The molecule has 0 saturated heterocycles. The van der Waals surface area contributed by atoms with Crippen molar-refractivity contribution >= 4 is 29.7 Å². The van der Waals surface area contributed by atoms with Gasteiger partial charge in [-0.05, 0) is 35.7 Å². The number of aromatic nitrogens is 6. The van der Waals surface area contributed by atoms with Crippen molar-refractivity contribution in [2.75, 3.05) is 32.1 Å². The number of aromatic amines is 1. The lowest BCUT2D eigenvalue weighted by Crippen LogP contribution is -2.31. The van der Waals surface area contributed by atoms with E-state index in [0.717, 1.165) is 24.2 Å². The lowest BCUT2D eigenvalue weighted by atomic mass is 10.1. The molecule has 0 aliphatic heterocycles. The van der Waals surface area contributed by atoms with Crippen LogP contribution in [0.2, 0.25) is 5.28 Å². The topological polar surface area (TPSA) is 122 Å². The van der Waals surface area contributed by atoms with E-state index in [4.69, 9.17) is 16.3 Å². The van der Waals surface area contributed by atoms with Crippen molar-refractivity contribution in [2.24, 2.45) is 0 Å². The number of methoxy groups -OCH3 is 1. The molecule has 12 heteroatoms. The smallest absolute Gasteiger partial charge is 0.273 e. The Morgan fingerprint density at radius 1 is 1.26 bits per heavy atom. The molecule has 0 fully saturated rings. The molecule has 34 heavy (non-hydrogen) atoms. The van der Waals surface area contributed by atoms with E-state index in [-0.39, 0.29) is 22.7 Å². The molecule has 1 N–H and O–H groups in total. The number of halogens is 1. The summed E-state index contributed by atoms with van der Waals surface area (Å²) in [6, 6.07) is 7.70. The third kappa shape index (κ3) is 6.31. The number of benzene rings is 1. The minimum atomic E-state index is -0.304. The van der Waals surface area contributed by atoms with Gasteiger partial charge >= 0.3 is 0 Å². The molecular weight excluding hydrogens is 460 g/mol. The zero-order valence-corrected chi connectivity index (χ0v) is 20.3. The normalized spacial score (nSPS) is 10.8. The summed E-state index contributed by atoms with van der Waals surface area (Å²) in [5.74, 6) is 1.30. The number of rotatable bonds is 13. The largest absolute Gasteiger partial charge is 0.496 e. The van der Waals surface area contributed by atoms with Crippen LogP contribution in [0, 0.1) is 0 Å². The van der Waals surface area contributed by atoms with Crippen LogP contribution in [-0.4, -0.2) is 74.6 Å². The molecule has 2 heterocycles. The highest BCUT2D eigenvalue weighted by molar-refractivity contribution is 6.29. The van der Waals surface area contributed by atoms with Gasteiger partial charge in [-0.3, -0.25) is 14.5 Å². The average molecular weight is 489 g/mol. The Morgan fingerprint density at radius 3 is 2.79 bits per heavy atom. The van der Waals surface area contributed by atoms with Crippen LogP contribution in [0.25, 0.3) is 0 Å². The molecule has 1 aromatic carbocycles. The Labute approximate surface area is 203 Å². The number of carbonyl (C=O) groups is 2. The maximum absolute atomic E-state index is 13.0. The van der Waals surface area contributed by atoms with Crippen molar-refractivity contribution in [3.05, 3.63) is 46.6 Å². The van der Waals surface area contributed by atoms with Crippen LogP contribution < -0.4 is 9.64 Å². The monoisotopic (exact) mass is 488 g/mol. The van der Waals surface area contributed by atoms with Gasteiger partial charge in [-0.15, -0.1) is 10.2 Å². The van der Waals surface area contributed by atoms with Gasteiger partial charge in [-0.25, -0.2) is 0 Å². The molecule has 2 aromatic heterocycles. The van der Waals surface area contributed by atoms with Gasteiger partial charge in [0.2, 0.25) is 11.7 Å². The second-order valence-corrected chi connectivity index (χ2v) is 8.11. The zero-order chi connectivity index (χ0) is 24.5. The molecule has 0 bridgehead atoms. The fourth-order valence-corrected chi connectivity index (χ4v) is 3.61. The second-order valence-electron chi connectivity index (χ2n) is 7.75. The van der Waals surface area contributed by atoms with Crippen molar-refractivity contribution in [3.63, 3.8) is 0 Å². The number of tetrazole rings is 1. The van der Waals surface area contributed by atoms with Crippen LogP contribution >= 0.6 is 11.6 Å². The number of amides is 2. The zero-order valence-electron chi connectivity index (χ0n) is 19.6. The van der Waals surface area contributed by atoms with Gasteiger partial charge in [0.1, 0.15) is 5.75 Å². The van der Waals surface area contributed by atoms with Gasteiger partial charge in [-0.1, -0.05) is 31.5 Å². The molecule has 0 aliphatic carbocycles. The van der Waals surface area contributed by atoms with Gasteiger partial charge in [-0.2, -0.15) is 9.78 Å². The maximum Gasteiger partial charge on any atom is 0.273 e. The predicted molar refractivity (Wildman–Crippen MR) is 127 cm³/mol. The number of hydrogen-bond acceptors (Lipinski definition) is 7. The highest BCUT2D eigenvalue weighted by atomic mass is 35.5. The number of carbonyl (C=O) groups excluding carboxylic acids is 2. The lowest BCUT2D eigenvalue weighted by molar-refractivity contribution is -0.107. The lowest BCUT2D eigenvalue weighted by Gasteiger charge is -2.19. The minimum Gasteiger partial charge on any atom is -0.496 e. The Balaban J connectivity index is 1.56. The van der Waals surface area contributed by atoms with Crippen LogP contribution in [-0.2, 0) is 17.8 Å². The Hall–Kier alpha value is -3.47. The third-order valence-corrected chi connectivity index (χ3v) is 5.43. The van der Waals surface area contributed by atoms with E-state index in [0.29, 0.717) is 44.7 Å². The van der Waals surface area contributed by atoms with Crippen LogP contribution in [0.3, 0.4) is 0 Å². The number of nitrogens with zero attached hydrogens (tertiary/aromatic N) is 7. The summed E-state index contributed by atoms with van der Waals surface area (Å²) in [6.07, 6.45) is 3.48. The highest BCUT2D eigenvalue weighted by Crippen LogP contribution is 2.22. The number of para-hydroxylation sites is 1. The molecule has 0 saturated carbocycles. The standard InChI is InChI=1S/C22H29ClN8O3/c1-4-5-12-30(15-32)20-19(24-22(23)25-20)21(33)29(2)11-8-13-31-27-18(26-28-31)14-16-9-6-7-10-17(16)34-3/h6-7,9-10,15H,4-5,8,11-14H2,1-3H3,(H,24,25). The van der Waals surface area contributed by atoms with E-state index < -0.39 is 0 Å². The number of nitrogens with one attached hydrogen (secondary N) is 1. The summed E-state index contributed by atoms with van der Waals surface area (Å²) in [6.45, 7) is 3.41. The second kappa shape index (κ2) is 12.1. The van der Waals surface area contributed by atoms with Crippen molar-refractivity contribution in [1.82, 2.24) is 35.1 Å². The Bertz CT molecular complexity index is 1100. The van der Waals surface area contributed by atoms with Crippen LogP contribution in [0.1, 0.15) is 48.1 Å². The van der Waals surface area contributed by atoms with Crippen molar-refractivity contribution in [2.45, 2.75) is 39.2 Å². The fraction of sp³-hybridized carbons (Fsp3) is 0.455. The Kier molecular flexibility index (Phi) is 8.97. The molecule has 182 valence electrons. The number of anilines is 1. The van der Waals surface area contributed by atoms with Crippen LogP contribution in [0.4, 0.5) is 5.82 Å². The molecular formula is C22H29ClN8O3. The summed E-state index contributed by atoms with van der Waals surface area (Å²) in [5, 5.41) is 12.7. The number of hydrogen-bond donors (Lipinski definition) is 1. The van der Waals surface area contributed by atoms with Gasteiger partial charge in [0, 0.05) is 32.1 Å². The summed E-state index contributed by atoms with van der Waals surface area (Å²) >= 11 is 6.00. The number of aryl methyl sites for hydroxylation is 1. The van der Waals surface area contributed by atoms with E-state index in [1.165, 1.54) is 9.70 Å². The van der Waals surface area contributed by atoms with E-state index in [9.17, 15) is 9.59 Å². The highest BCUT2D eigenvalue weighted by Gasteiger charge is 2.24. The predicted octanol–water partition coefficient (Wildman–Crippen LogP) is 2.57. The molecule has 0 spiro atoms. The molecule has 0 unspecified atom stereocenters. The average Bonchev–Trinajstić information content (AvgIpc) is 3.45. The van der Waals surface area contributed by atoms with Crippen LogP contribution in [0.5, 0.6) is 5.75 Å². The van der Waals surface area contributed by atoms with E-state index in [2.05, 4.69) is 25.4 Å². The number of unbranched alkanes of at least 4 members (excludes halogenated alkanes) is 1.